The number of hydrogen-bond donors (Lipinski definition) is 2. The van der Waals surface area contributed by atoms with Gasteiger partial charge in [-0.15, -0.1) is 0 Å². The first-order valence-electron chi connectivity index (χ1n) is 10.6. The highest BCUT2D eigenvalue weighted by Gasteiger charge is 2.25. The number of carbonyl (C=O) groups excluding carboxylic acids is 2. The molecule has 3 rings (SSSR count). The number of carbonyl (C=O) groups is 2. The van der Waals surface area contributed by atoms with E-state index in [-0.39, 0.29) is 17.8 Å². The molecule has 1 amide bonds. The van der Waals surface area contributed by atoms with E-state index in [9.17, 15) is 14.0 Å². The molecule has 32 heavy (non-hydrogen) atoms. The zero-order chi connectivity index (χ0) is 23.4. The molecule has 3 aromatic rings. The molecule has 0 aliphatic heterocycles. The minimum atomic E-state index is -0.427. The highest BCUT2D eigenvalue weighted by atomic mass is 19.1. The maximum Gasteiger partial charge on any atom is 0.340 e. The van der Waals surface area contributed by atoms with Crippen LogP contribution in [0.1, 0.15) is 58.1 Å². The van der Waals surface area contributed by atoms with Gasteiger partial charge in [0.1, 0.15) is 11.5 Å². The van der Waals surface area contributed by atoms with E-state index >= 15 is 0 Å². The SMILES string of the molecule is Cc1[nH]c(C(=O)N(C)CCCc2cc(-c3ccc(F)cc3)n[nH]2)c(C)c1C(=O)OC(C)C. The van der Waals surface area contributed by atoms with Gasteiger partial charge in [-0.3, -0.25) is 9.89 Å². The van der Waals surface area contributed by atoms with Gasteiger partial charge in [-0.05, 0) is 76.4 Å². The van der Waals surface area contributed by atoms with Gasteiger partial charge in [-0.1, -0.05) is 0 Å². The van der Waals surface area contributed by atoms with Crippen molar-refractivity contribution in [2.45, 2.75) is 46.6 Å². The smallest absolute Gasteiger partial charge is 0.340 e. The summed E-state index contributed by atoms with van der Waals surface area (Å²) >= 11 is 0. The number of hydrogen-bond acceptors (Lipinski definition) is 4. The second kappa shape index (κ2) is 9.80. The summed E-state index contributed by atoms with van der Waals surface area (Å²) in [5.41, 5.74) is 4.57. The molecular weight excluding hydrogens is 411 g/mol. The number of esters is 1. The average molecular weight is 441 g/mol. The summed E-state index contributed by atoms with van der Waals surface area (Å²) in [5.74, 6) is -0.886. The summed E-state index contributed by atoms with van der Waals surface area (Å²) in [6, 6.07) is 8.12. The Labute approximate surface area is 187 Å². The minimum absolute atomic E-state index is 0.175. The van der Waals surface area contributed by atoms with Crippen molar-refractivity contribution in [1.29, 1.82) is 0 Å². The van der Waals surface area contributed by atoms with Crippen LogP contribution in [0.2, 0.25) is 0 Å². The molecule has 1 aromatic carbocycles. The monoisotopic (exact) mass is 440 g/mol. The Morgan fingerprint density at radius 2 is 1.88 bits per heavy atom. The Kier molecular flexibility index (Phi) is 7.12. The van der Waals surface area contributed by atoms with E-state index in [4.69, 9.17) is 4.74 Å². The number of nitrogens with one attached hydrogen (secondary N) is 2. The van der Waals surface area contributed by atoms with Crippen molar-refractivity contribution < 1.29 is 18.7 Å². The molecule has 0 aliphatic rings. The quantitative estimate of drug-likeness (QED) is 0.507. The molecule has 170 valence electrons. The molecule has 0 aliphatic carbocycles. The van der Waals surface area contributed by atoms with Gasteiger partial charge in [0.2, 0.25) is 0 Å². The van der Waals surface area contributed by atoms with E-state index in [1.54, 1.807) is 51.8 Å². The van der Waals surface area contributed by atoms with E-state index in [2.05, 4.69) is 15.2 Å². The van der Waals surface area contributed by atoms with Gasteiger partial charge in [0, 0.05) is 30.5 Å². The molecule has 0 saturated carbocycles. The number of amides is 1. The van der Waals surface area contributed by atoms with Crippen molar-refractivity contribution >= 4 is 11.9 Å². The molecule has 2 N–H and O–H groups in total. The first kappa shape index (κ1) is 23.2. The number of halogens is 1. The van der Waals surface area contributed by atoms with E-state index in [1.165, 1.54) is 12.1 Å². The van der Waals surface area contributed by atoms with E-state index in [1.807, 2.05) is 6.07 Å². The Balaban J connectivity index is 1.59. The van der Waals surface area contributed by atoms with Crippen molar-refractivity contribution in [1.82, 2.24) is 20.1 Å². The lowest BCUT2D eigenvalue weighted by molar-refractivity contribution is 0.0376. The number of nitrogens with zero attached hydrogens (tertiary/aromatic N) is 2. The fourth-order valence-corrected chi connectivity index (χ4v) is 3.60. The molecule has 2 heterocycles. The van der Waals surface area contributed by atoms with Crippen LogP contribution in [0.25, 0.3) is 11.3 Å². The Hall–Kier alpha value is -3.42. The van der Waals surface area contributed by atoms with Crippen LogP contribution in [0.15, 0.2) is 30.3 Å². The minimum Gasteiger partial charge on any atom is -0.459 e. The number of aromatic amines is 2. The molecule has 8 heteroatoms. The Morgan fingerprint density at radius 3 is 2.53 bits per heavy atom. The maximum atomic E-state index is 13.1. The third-order valence-corrected chi connectivity index (χ3v) is 5.26. The van der Waals surface area contributed by atoms with Gasteiger partial charge in [0.05, 0.1) is 17.4 Å². The summed E-state index contributed by atoms with van der Waals surface area (Å²) in [6.07, 6.45) is 1.21. The van der Waals surface area contributed by atoms with Crippen molar-refractivity contribution in [3.05, 3.63) is 64.4 Å². The molecule has 0 fully saturated rings. The van der Waals surface area contributed by atoms with Gasteiger partial charge in [0.25, 0.3) is 5.91 Å². The predicted molar refractivity (Wildman–Crippen MR) is 120 cm³/mol. The predicted octanol–water partition coefficient (Wildman–Crippen LogP) is 4.43. The van der Waals surface area contributed by atoms with Gasteiger partial charge < -0.3 is 14.6 Å². The second-order valence-electron chi connectivity index (χ2n) is 8.19. The topological polar surface area (TPSA) is 91.1 Å². The molecule has 2 aromatic heterocycles. The van der Waals surface area contributed by atoms with Crippen molar-refractivity contribution in [2.75, 3.05) is 13.6 Å². The zero-order valence-electron chi connectivity index (χ0n) is 19.1. The number of benzene rings is 1. The van der Waals surface area contributed by atoms with Gasteiger partial charge in [0.15, 0.2) is 0 Å². The summed E-state index contributed by atoms with van der Waals surface area (Å²) in [6.45, 7) is 7.63. The van der Waals surface area contributed by atoms with Crippen molar-refractivity contribution in [2.24, 2.45) is 0 Å². The van der Waals surface area contributed by atoms with Crippen LogP contribution in [-0.4, -0.2) is 51.7 Å². The molecule has 0 saturated heterocycles. The lowest BCUT2D eigenvalue weighted by Gasteiger charge is -2.16. The molecule has 7 nitrogen and oxygen atoms in total. The first-order valence-corrected chi connectivity index (χ1v) is 10.6. The second-order valence-corrected chi connectivity index (χ2v) is 8.19. The summed E-state index contributed by atoms with van der Waals surface area (Å²) in [7, 11) is 1.74. The summed E-state index contributed by atoms with van der Waals surface area (Å²) in [4.78, 5) is 30.0. The largest absolute Gasteiger partial charge is 0.459 e. The van der Waals surface area contributed by atoms with E-state index < -0.39 is 5.97 Å². The molecular formula is C24H29FN4O3. The maximum absolute atomic E-state index is 13.1. The number of rotatable bonds is 8. The lowest BCUT2D eigenvalue weighted by Crippen LogP contribution is -2.29. The van der Waals surface area contributed by atoms with Crippen LogP contribution in [0, 0.1) is 19.7 Å². The van der Waals surface area contributed by atoms with Gasteiger partial charge in [-0.25, -0.2) is 9.18 Å². The van der Waals surface area contributed by atoms with Gasteiger partial charge >= 0.3 is 5.97 Å². The normalized spacial score (nSPS) is 11.1. The molecule has 0 spiro atoms. The zero-order valence-corrected chi connectivity index (χ0v) is 19.1. The fourth-order valence-electron chi connectivity index (χ4n) is 3.60. The number of H-pyrrole nitrogens is 2. The average Bonchev–Trinajstić information content (AvgIpc) is 3.31. The highest BCUT2D eigenvalue weighted by Crippen LogP contribution is 2.21. The number of aryl methyl sites for hydroxylation is 2. The van der Waals surface area contributed by atoms with Crippen molar-refractivity contribution in [3.63, 3.8) is 0 Å². The summed E-state index contributed by atoms with van der Waals surface area (Å²) < 4.78 is 18.4. The Morgan fingerprint density at radius 1 is 1.19 bits per heavy atom. The first-order chi connectivity index (χ1) is 15.2. The molecule has 0 atom stereocenters. The van der Waals surface area contributed by atoms with Crippen LogP contribution in [0.4, 0.5) is 4.39 Å². The van der Waals surface area contributed by atoms with Gasteiger partial charge in [-0.2, -0.15) is 5.10 Å². The molecule has 0 bridgehead atoms. The van der Waals surface area contributed by atoms with E-state index in [0.29, 0.717) is 35.5 Å². The van der Waals surface area contributed by atoms with Crippen LogP contribution in [0.3, 0.4) is 0 Å². The van der Waals surface area contributed by atoms with Crippen LogP contribution >= 0.6 is 0 Å². The number of aromatic nitrogens is 3. The van der Waals surface area contributed by atoms with E-state index in [0.717, 1.165) is 23.4 Å². The summed E-state index contributed by atoms with van der Waals surface area (Å²) in [5, 5.41) is 7.28. The molecule has 0 radical (unpaired) electrons. The standard InChI is InChI=1S/C24H29FN4O3/c1-14(2)32-24(31)21-15(3)22(26-16(21)4)23(30)29(5)12-6-7-19-13-20(28-27-19)17-8-10-18(25)11-9-17/h8-11,13-14,26H,6-7,12H2,1-5H3,(H,27,28). The third kappa shape index (κ3) is 5.25. The van der Waals surface area contributed by atoms with Crippen molar-refractivity contribution in [3.8, 4) is 11.3 Å². The van der Waals surface area contributed by atoms with Crippen LogP contribution in [0.5, 0.6) is 0 Å². The highest BCUT2D eigenvalue weighted by molar-refractivity contribution is 6.00. The van der Waals surface area contributed by atoms with Crippen LogP contribution < -0.4 is 0 Å². The lowest BCUT2D eigenvalue weighted by atomic mass is 10.1. The van der Waals surface area contributed by atoms with Crippen LogP contribution in [-0.2, 0) is 11.2 Å². The Bertz CT molecular complexity index is 1100. The molecule has 0 unspecified atom stereocenters. The third-order valence-electron chi connectivity index (χ3n) is 5.26. The number of ether oxygens (including phenoxy) is 1. The fraction of sp³-hybridized carbons (Fsp3) is 0.375.